The van der Waals surface area contributed by atoms with Gasteiger partial charge in [-0.15, -0.1) is 0 Å². The summed E-state index contributed by atoms with van der Waals surface area (Å²) in [6.45, 7) is 7.48. The molecule has 1 saturated heterocycles. The van der Waals surface area contributed by atoms with Gasteiger partial charge in [0, 0.05) is 38.6 Å². The highest BCUT2D eigenvalue weighted by Gasteiger charge is 2.21. The first-order valence-corrected chi connectivity index (χ1v) is 5.88. The van der Waals surface area contributed by atoms with Crippen LogP contribution in [0.5, 0.6) is 0 Å². The molecule has 1 aliphatic rings. The van der Waals surface area contributed by atoms with Gasteiger partial charge < -0.3 is 4.90 Å². The smallest absolute Gasteiger partial charge is 0.225 e. The summed E-state index contributed by atoms with van der Waals surface area (Å²) in [5.74, 6) is 0.792. The van der Waals surface area contributed by atoms with E-state index in [1.807, 2.05) is 26.2 Å². The topological polar surface area (TPSA) is 56.1 Å². The molecule has 0 spiro atoms. The molecule has 1 aromatic rings. The van der Waals surface area contributed by atoms with Crippen molar-refractivity contribution in [2.45, 2.75) is 19.9 Å². The Kier molecular flexibility index (Phi) is 3.55. The van der Waals surface area contributed by atoms with Gasteiger partial charge in [0.15, 0.2) is 0 Å². The van der Waals surface area contributed by atoms with Crippen LogP contribution in [0, 0.1) is 18.3 Å². The third-order valence-corrected chi connectivity index (χ3v) is 3.10. The summed E-state index contributed by atoms with van der Waals surface area (Å²) < 4.78 is 0. The fourth-order valence-electron chi connectivity index (χ4n) is 1.94. The normalized spacial score (nSPS) is 18.8. The molecule has 0 aromatic carbocycles. The van der Waals surface area contributed by atoms with Gasteiger partial charge in [-0.05, 0) is 19.4 Å². The summed E-state index contributed by atoms with van der Waals surface area (Å²) in [5, 5.41) is 8.87. The van der Waals surface area contributed by atoms with Gasteiger partial charge in [0.25, 0.3) is 0 Å². The highest BCUT2D eigenvalue weighted by Crippen LogP contribution is 2.12. The van der Waals surface area contributed by atoms with Crippen LogP contribution in [0.1, 0.15) is 12.5 Å². The van der Waals surface area contributed by atoms with E-state index in [1.54, 1.807) is 0 Å². The molecule has 17 heavy (non-hydrogen) atoms. The Bertz CT molecular complexity index is 400. The van der Waals surface area contributed by atoms with Crippen LogP contribution >= 0.6 is 0 Å². The molecular weight excluding hydrogens is 214 g/mol. The van der Waals surface area contributed by atoms with Crippen LogP contribution in [0.3, 0.4) is 0 Å². The van der Waals surface area contributed by atoms with Crippen LogP contribution in [0.25, 0.3) is 0 Å². The molecule has 2 rings (SSSR count). The van der Waals surface area contributed by atoms with E-state index in [1.165, 1.54) is 0 Å². The van der Waals surface area contributed by atoms with E-state index < -0.39 is 0 Å². The molecule has 0 saturated carbocycles. The maximum absolute atomic E-state index is 8.87. The number of aryl methyl sites for hydroxylation is 1. The highest BCUT2D eigenvalue weighted by atomic mass is 15.3. The molecule has 1 atom stereocenters. The Morgan fingerprint density at radius 2 is 1.82 bits per heavy atom. The number of rotatable bonds is 2. The van der Waals surface area contributed by atoms with Crippen LogP contribution in [0.15, 0.2) is 12.4 Å². The first kappa shape index (κ1) is 11.8. The van der Waals surface area contributed by atoms with Crippen LogP contribution in [-0.2, 0) is 0 Å². The molecule has 2 heterocycles. The number of hydrogen-bond acceptors (Lipinski definition) is 5. The molecule has 1 fully saturated rings. The Morgan fingerprint density at radius 1 is 1.24 bits per heavy atom. The summed E-state index contributed by atoms with van der Waals surface area (Å²) >= 11 is 0. The molecule has 0 aliphatic carbocycles. The van der Waals surface area contributed by atoms with Gasteiger partial charge in [0.2, 0.25) is 5.95 Å². The molecule has 5 nitrogen and oxygen atoms in total. The van der Waals surface area contributed by atoms with Gasteiger partial charge in [-0.1, -0.05) is 0 Å². The lowest BCUT2D eigenvalue weighted by molar-refractivity contribution is 0.230. The molecule has 1 unspecified atom stereocenters. The maximum atomic E-state index is 8.87. The largest absolute Gasteiger partial charge is 0.338 e. The van der Waals surface area contributed by atoms with Crippen molar-refractivity contribution in [3.8, 4) is 6.07 Å². The van der Waals surface area contributed by atoms with Crippen molar-refractivity contribution >= 4 is 5.95 Å². The zero-order valence-corrected chi connectivity index (χ0v) is 10.3. The van der Waals surface area contributed by atoms with Gasteiger partial charge in [-0.3, -0.25) is 4.90 Å². The van der Waals surface area contributed by atoms with Crippen molar-refractivity contribution in [2.24, 2.45) is 0 Å². The molecule has 0 bridgehead atoms. The third kappa shape index (κ3) is 2.71. The van der Waals surface area contributed by atoms with Crippen molar-refractivity contribution in [2.75, 3.05) is 31.1 Å². The lowest BCUT2D eigenvalue weighted by atomic mass is 10.2. The van der Waals surface area contributed by atoms with Crippen LogP contribution in [0.2, 0.25) is 0 Å². The fourth-order valence-corrected chi connectivity index (χ4v) is 1.94. The maximum Gasteiger partial charge on any atom is 0.225 e. The number of nitrogens with zero attached hydrogens (tertiary/aromatic N) is 5. The Morgan fingerprint density at radius 3 is 2.35 bits per heavy atom. The fraction of sp³-hybridized carbons (Fsp3) is 0.583. The number of aromatic nitrogens is 2. The quantitative estimate of drug-likeness (QED) is 0.754. The minimum absolute atomic E-state index is 0.00362. The van der Waals surface area contributed by atoms with Gasteiger partial charge in [-0.2, -0.15) is 5.26 Å². The van der Waals surface area contributed by atoms with Crippen molar-refractivity contribution < 1.29 is 0 Å². The average Bonchev–Trinajstić information content (AvgIpc) is 2.39. The first-order valence-electron chi connectivity index (χ1n) is 5.88. The van der Waals surface area contributed by atoms with E-state index in [0.29, 0.717) is 0 Å². The molecule has 0 radical (unpaired) electrons. The molecule has 1 aromatic heterocycles. The first-order chi connectivity index (χ1) is 8.20. The van der Waals surface area contributed by atoms with Crippen LogP contribution in [-0.4, -0.2) is 47.1 Å². The lowest BCUT2D eigenvalue weighted by Crippen LogP contribution is -2.49. The van der Waals surface area contributed by atoms with E-state index in [2.05, 4.69) is 25.8 Å². The summed E-state index contributed by atoms with van der Waals surface area (Å²) in [4.78, 5) is 13.0. The van der Waals surface area contributed by atoms with E-state index in [-0.39, 0.29) is 6.04 Å². The SMILES string of the molecule is Cc1cnc(N2CCN(C(C)C#N)CC2)nc1. The zero-order chi connectivity index (χ0) is 12.3. The van der Waals surface area contributed by atoms with Crippen LogP contribution < -0.4 is 4.90 Å². The van der Waals surface area contributed by atoms with Gasteiger partial charge in [0.1, 0.15) is 0 Å². The second kappa shape index (κ2) is 5.11. The number of hydrogen-bond donors (Lipinski definition) is 0. The van der Waals surface area contributed by atoms with E-state index in [9.17, 15) is 0 Å². The van der Waals surface area contributed by atoms with Gasteiger partial charge in [-0.25, -0.2) is 9.97 Å². The number of anilines is 1. The van der Waals surface area contributed by atoms with E-state index in [4.69, 9.17) is 5.26 Å². The average molecular weight is 231 g/mol. The van der Waals surface area contributed by atoms with Crippen molar-refractivity contribution in [1.29, 1.82) is 5.26 Å². The molecule has 0 amide bonds. The van der Waals surface area contributed by atoms with Gasteiger partial charge >= 0.3 is 0 Å². The third-order valence-electron chi connectivity index (χ3n) is 3.10. The molecule has 90 valence electrons. The van der Waals surface area contributed by atoms with Crippen LogP contribution in [0.4, 0.5) is 5.95 Å². The second-order valence-corrected chi connectivity index (χ2v) is 4.39. The van der Waals surface area contributed by atoms with E-state index >= 15 is 0 Å². The number of nitriles is 1. The summed E-state index contributed by atoms with van der Waals surface area (Å²) in [6, 6.07) is 2.27. The Hall–Kier alpha value is -1.67. The minimum Gasteiger partial charge on any atom is -0.338 e. The Balaban J connectivity index is 1.95. The molecular formula is C12H17N5. The standard InChI is InChI=1S/C12H17N5/c1-10-8-14-12(15-9-10)17-5-3-16(4-6-17)11(2)7-13/h8-9,11H,3-6H2,1-2H3. The predicted molar refractivity (Wildman–Crippen MR) is 65.6 cm³/mol. The minimum atomic E-state index is -0.00362. The summed E-state index contributed by atoms with van der Waals surface area (Å²) in [7, 11) is 0. The zero-order valence-electron chi connectivity index (χ0n) is 10.3. The molecule has 5 heteroatoms. The second-order valence-electron chi connectivity index (χ2n) is 4.39. The van der Waals surface area contributed by atoms with Crippen molar-refractivity contribution in [3.63, 3.8) is 0 Å². The lowest BCUT2D eigenvalue weighted by Gasteiger charge is -2.35. The van der Waals surface area contributed by atoms with E-state index in [0.717, 1.165) is 37.7 Å². The predicted octanol–water partition coefficient (Wildman–Crippen LogP) is 0.819. The Labute approximate surface area is 102 Å². The summed E-state index contributed by atoms with van der Waals surface area (Å²) in [5.41, 5.74) is 1.07. The number of piperazine rings is 1. The van der Waals surface area contributed by atoms with Crippen molar-refractivity contribution in [3.05, 3.63) is 18.0 Å². The molecule has 1 aliphatic heterocycles. The summed E-state index contributed by atoms with van der Waals surface area (Å²) in [6.07, 6.45) is 3.68. The highest BCUT2D eigenvalue weighted by molar-refractivity contribution is 5.30. The van der Waals surface area contributed by atoms with Gasteiger partial charge in [0.05, 0.1) is 12.1 Å². The van der Waals surface area contributed by atoms with Crippen molar-refractivity contribution in [1.82, 2.24) is 14.9 Å². The monoisotopic (exact) mass is 231 g/mol. The molecule has 0 N–H and O–H groups in total.